The van der Waals surface area contributed by atoms with Crippen molar-refractivity contribution in [2.45, 2.75) is 51.2 Å². The number of furan rings is 1. The molecule has 1 aliphatic rings. The largest absolute Gasteiger partial charge is 0.484 e. The predicted molar refractivity (Wildman–Crippen MR) is 127 cm³/mol. The number of carbonyl (C=O) groups is 2. The molecular formula is C26H30N4O4. The van der Waals surface area contributed by atoms with Crippen molar-refractivity contribution in [1.29, 1.82) is 0 Å². The first-order valence-electron chi connectivity index (χ1n) is 11.7. The molecule has 8 heteroatoms. The number of likely N-dealkylation sites (N-methyl/N-ethyl adjacent to an activating group) is 1. The Bertz CT molecular complexity index is 1090. The van der Waals surface area contributed by atoms with Crippen molar-refractivity contribution in [3.05, 3.63) is 66.3 Å². The summed E-state index contributed by atoms with van der Waals surface area (Å²) in [5.74, 6) is 0.789. The second-order valence-electron chi connectivity index (χ2n) is 8.55. The summed E-state index contributed by atoms with van der Waals surface area (Å²) in [6, 6.07) is 10.1. The molecule has 0 spiro atoms. The molecular weight excluding hydrogens is 432 g/mol. The van der Waals surface area contributed by atoms with E-state index in [1.165, 1.54) is 6.42 Å². The highest BCUT2D eigenvalue weighted by atomic mass is 16.5. The van der Waals surface area contributed by atoms with Gasteiger partial charge in [-0.1, -0.05) is 19.3 Å². The van der Waals surface area contributed by atoms with Crippen molar-refractivity contribution in [3.63, 3.8) is 0 Å². The first kappa shape index (κ1) is 23.5. The summed E-state index contributed by atoms with van der Waals surface area (Å²) in [4.78, 5) is 33.7. The van der Waals surface area contributed by atoms with Crippen LogP contribution >= 0.6 is 0 Å². The topological polar surface area (TPSA) is 106 Å². The molecule has 0 aliphatic heterocycles. The van der Waals surface area contributed by atoms with E-state index in [9.17, 15) is 9.59 Å². The zero-order valence-corrected chi connectivity index (χ0v) is 19.5. The fraction of sp³-hybridized carbons (Fsp3) is 0.385. The van der Waals surface area contributed by atoms with Crippen molar-refractivity contribution < 1.29 is 18.7 Å². The Morgan fingerprint density at radius 3 is 2.50 bits per heavy atom. The molecule has 1 saturated carbocycles. The van der Waals surface area contributed by atoms with Crippen molar-refractivity contribution in [2.24, 2.45) is 5.92 Å². The van der Waals surface area contributed by atoms with Crippen LogP contribution < -0.4 is 15.4 Å². The second-order valence-corrected chi connectivity index (χ2v) is 8.55. The minimum Gasteiger partial charge on any atom is -0.484 e. The SMILES string of the molecule is CNC(=O)[C@@H](NC(=O)c1ccc(-c2ccc(O[C@H](C)c3ccncc3)cn2)o1)C1CCCCC1. The smallest absolute Gasteiger partial charge is 0.287 e. The molecule has 8 nitrogen and oxygen atoms in total. The van der Waals surface area contributed by atoms with E-state index in [-0.39, 0.29) is 23.7 Å². The molecule has 3 aromatic heterocycles. The molecule has 178 valence electrons. The van der Waals surface area contributed by atoms with Crippen LogP contribution in [0, 0.1) is 5.92 Å². The summed E-state index contributed by atoms with van der Waals surface area (Å²) >= 11 is 0. The molecule has 4 rings (SSSR count). The summed E-state index contributed by atoms with van der Waals surface area (Å²) < 4.78 is 11.7. The lowest BCUT2D eigenvalue weighted by atomic mass is 9.83. The summed E-state index contributed by atoms with van der Waals surface area (Å²) in [7, 11) is 1.59. The Morgan fingerprint density at radius 1 is 1.06 bits per heavy atom. The highest BCUT2D eigenvalue weighted by Gasteiger charge is 2.31. The van der Waals surface area contributed by atoms with E-state index in [0.29, 0.717) is 17.2 Å². The monoisotopic (exact) mass is 462 g/mol. The van der Waals surface area contributed by atoms with Crippen molar-refractivity contribution in [3.8, 4) is 17.2 Å². The van der Waals surface area contributed by atoms with Gasteiger partial charge in [0.1, 0.15) is 23.6 Å². The third-order valence-electron chi connectivity index (χ3n) is 6.24. The summed E-state index contributed by atoms with van der Waals surface area (Å²) in [6.07, 6.45) is 10.1. The molecule has 3 aromatic rings. The molecule has 0 aromatic carbocycles. The van der Waals surface area contributed by atoms with Crippen LogP contribution in [0.4, 0.5) is 0 Å². The normalized spacial score (nSPS) is 15.8. The highest BCUT2D eigenvalue weighted by molar-refractivity contribution is 5.96. The van der Waals surface area contributed by atoms with Gasteiger partial charge >= 0.3 is 0 Å². The molecule has 3 heterocycles. The van der Waals surface area contributed by atoms with Crippen LogP contribution in [0.3, 0.4) is 0 Å². The van der Waals surface area contributed by atoms with Gasteiger partial charge in [0.05, 0.1) is 6.20 Å². The van der Waals surface area contributed by atoms with Gasteiger partial charge in [-0.25, -0.2) is 4.98 Å². The van der Waals surface area contributed by atoms with Crippen molar-refractivity contribution in [1.82, 2.24) is 20.6 Å². The van der Waals surface area contributed by atoms with E-state index < -0.39 is 11.9 Å². The van der Waals surface area contributed by atoms with Gasteiger partial charge < -0.3 is 19.8 Å². The Balaban J connectivity index is 1.41. The Kier molecular flexibility index (Phi) is 7.57. The number of amides is 2. The maximum atomic E-state index is 12.8. The summed E-state index contributed by atoms with van der Waals surface area (Å²) in [5, 5.41) is 5.55. The lowest BCUT2D eigenvalue weighted by Gasteiger charge is -2.29. The molecule has 0 unspecified atom stereocenters. The fourth-order valence-corrected chi connectivity index (χ4v) is 4.33. The molecule has 1 aliphatic carbocycles. The zero-order chi connectivity index (χ0) is 23.9. The Hall–Kier alpha value is -3.68. The van der Waals surface area contributed by atoms with E-state index in [2.05, 4.69) is 20.6 Å². The number of nitrogens with one attached hydrogen (secondary N) is 2. The van der Waals surface area contributed by atoms with E-state index in [0.717, 1.165) is 31.2 Å². The molecule has 0 radical (unpaired) electrons. The number of nitrogens with zero attached hydrogens (tertiary/aromatic N) is 2. The lowest BCUT2D eigenvalue weighted by molar-refractivity contribution is -0.124. The summed E-state index contributed by atoms with van der Waals surface area (Å²) in [6.45, 7) is 1.96. The number of aromatic nitrogens is 2. The minimum atomic E-state index is -0.566. The van der Waals surface area contributed by atoms with Crippen LogP contribution in [0.25, 0.3) is 11.5 Å². The maximum Gasteiger partial charge on any atom is 0.287 e. The third kappa shape index (κ3) is 5.62. The molecule has 0 bridgehead atoms. The van der Waals surface area contributed by atoms with Crippen LogP contribution in [-0.2, 0) is 4.79 Å². The van der Waals surface area contributed by atoms with Crippen LogP contribution in [0.5, 0.6) is 5.75 Å². The first-order valence-corrected chi connectivity index (χ1v) is 11.7. The van der Waals surface area contributed by atoms with Crippen molar-refractivity contribution in [2.75, 3.05) is 7.05 Å². The van der Waals surface area contributed by atoms with E-state index >= 15 is 0 Å². The van der Waals surface area contributed by atoms with E-state index in [4.69, 9.17) is 9.15 Å². The van der Waals surface area contributed by atoms with Gasteiger partial charge in [0, 0.05) is 19.4 Å². The maximum absolute atomic E-state index is 12.8. The first-order chi connectivity index (χ1) is 16.5. The summed E-state index contributed by atoms with van der Waals surface area (Å²) in [5.41, 5.74) is 1.60. The van der Waals surface area contributed by atoms with Gasteiger partial charge in [-0.2, -0.15) is 0 Å². The number of ether oxygens (including phenoxy) is 1. The van der Waals surface area contributed by atoms with Crippen molar-refractivity contribution >= 4 is 11.8 Å². The molecule has 0 saturated heterocycles. The zero-order valence-electron chi connectivity index (χ0n) is 19.5. The predicted octanol–water partition coefficient (Wildman–Crippen LogP) is 4.30. The van der Waals surface area contributed by atoms with Crippen LogP contribution in [0.2, 0.25) is 0 Å². The lowest BCUT2D eigenvalue weighted by Crippen LogP contribution is -2.50. The van der Waals surface area contributed by atoms with Gasteiger partial charge in [0.2, 0.25) is 5.91 Å². The van der Waals surface area contributed by atoms with E-state index in [1.807, 2.05) is 25.1 Å². The molecule has 34 heavy (non-hydrogen) atoms. The average Bonchev–Trinajstić information content (AvgIpc) is 3.39. The van der Waals surface area contributed by atoms with E-state index in [1.54, 1.807) is 43.8 Å². The van der Waals surface area contributed by atoms with Gasteiger partial charge in [-0.3, -0.25) is 14.6 Å². The van der Waals surface area contributed by atoms with Crippen LogP contribution in [0.1, 0.15) is 61.3 Å². The quantitative estimate of drug-likeness (QED) is 0.517. The number of hydrogen-bond acceptors (Lipinski definition) is 6. The Morgan fingerprint density at radius 2 is 1.82 bits per heavy atom. The Labute approximate surface area is 199 Å². The van der Waals surface area contributed by atoms with Gasteiger partial charge in [-0.15, -0.1) is 0 Å². The number of pyridine rings is 2. The molecule has 2 amide bonds. The second kappa shape index (κ2) is 11.0. The number of rotatable bonds is 8. The van der Waals surface area contributed by atoms with Gasteiger partial charge in [0.15, 0.2) is 11.5 Å². The number of hydrogen-bond donors (Lipinski definition) is 2. The minimum absolute atomic E-state index is 0.135. The fourth-order valence-electron chi connectivity index (χ4n) is 4.33. The number of carbonyl (C=O) groups excluding carboxylic acids is 2. The standard InChI is InChI=1S/C26H30N4O4/c1-17(18-12-14-28-15-13-18)33-20-8-9-21(29-16-20)22-10-11-23(34-22)25(31)30-24(26(32)27-2)19-6-4-3-5-7-19/h8-17,19,24H,3-7H2,1-2H3,(H,27,32)(H,30,31)/t17-,24+/m1/s1. The molecule has 2 N–H and O–H groups in total. The molecule has 1 fully saturated rings. The van der Waals surface area contributed by atoms with Crippen LogP contribution in [-0.4, -0.2) is 34.9 Å². The van der Waals surface area contributed by atoms with Crippen LogP contribution in [0.15, 0.2) is 59.4 Å². The van der Waals surface area contributed by atoms with Gasteiger partial charge in [-0.05, 0) is 67.6 Å². The van der Waals surface area contributed by atoms with Gasteiger partial charge in [0.25, 0.3) is 5.91 Å². The highest BCUT2D eigenvalue weighted by Crippen LogP contribution is 2.28. The molecule has 2 atom stereocenters. The third-order valence-corrected chi connectivity index (χ3v) is 6.24. The average molecular weight is 463 g/mol.